The van der Waals surface area contributed by atoms with E-state index in [-0.39, 0.29) is 29.0 Å². The number of carbonyl (C=O) groups excluding carboxylic acids is 1. The second-order valence-corrected chi connectivity index (χ2v) is 11.5. The maximum Gasteiger partial charge on any atom is 0.470 e. The Kier molecular flexibility index (Phi) is 8.77. The molecule has 2 heterocycles. The lowest BCUT2D eigenvalue weighted by Crippen LogP contribution is -2.31. The fourth-order valence-corrected chi connectivity index (χ4v) is 6.08. The molecule has 36 heavy (non-hydrogen) atoms. The number of carbonyl (C=O) groups is 1. The molecule has 0 aliphatic rings. The van der Waals surface area contributed by atoms with Crippen molar-refractivity contribution in [2.45, 2.75) is 56.8 Å². The van der Waals surface area contributed by atoms with Gasteiger partial charge in [0.05, 0.1) is 13.0 Å². The van der Waals surface area contributed by atoms with Crippen molar-refractivity contribution in [1.29, 1.82) is 0 Å². The number of benzene rings is 1. The molecule has 3 rings (SSSR count). The SMILES string of the molecule is CCCCOC(=O)NS(=O)(=O)c1sc(CC(C)C)cc1-c1ccc(Cc2nnc(C(F)(F)F)o2)cc1. The Labute approximate surface area is 210 Å². The van der Waals surface area contributed by atoms with Crippen molar-refractivity contribution in [1.82, 2.24) is 14.9 Å². The van der Waals surface area contributed by atoms with Crippen LogP contribution in [0.2, 0.25) is 0 Å². The van der Waals surface area contributed by atoms with Crippen molar-refractivity contribution >= 4 is 27.5 Å². The van der Waals surface area contributed by atoms with Gasteiger partial charge in [0.1, 0.15) is 4.21 Å². The molecule has 0 fully saturated rings. The van der Waals surface area contributed by atoms with E-state index in [4.69, 9.17) is 4.74 Å². The van der Waals surface area contributed by atoms with Crippen LogP contribution in [-0.2, 0) is 33.8 Å². The zero-order chi connectivity index (χ0) is 26.5. The number of unbranched alkanes of at least 4 members (excludes halogenated alkanes) is 1. The van der Waals surface area contributed by atoms with Crippen molar-refractivity contribution in [2.24, 2.45) is 5.92 Å². The summed E-state index contributed by atoms with van der Waals surface area (Å²) in [5.41, 5.74) is 1.57. The highest BCUT2D eigenvalue weighted by molar-refractivity contribution is 7.92. The average molecular weight is 546 g/mol. The lowest BCUT2D eigenvalue weighted by atomic mass is 10.0. The summed E-state index contributed by atoms with van der Waals surface area (Å²) in [5, 5.41) is 6.43. The zero-order valence-electron chi connectivity index (χ0n) is 19.9. The Morgan fingerprint density at radius 3 is 2.47 bits per heavy atom. The van der Waals surface area contributed by atoms with Crippen LogP contribution in [0.1, 0.15) is 55.8 Å². The van der Waals surface area contributed by atoms with Crippen LogP contribution in [-0.4, -0.2) is 31.3 Å². The second kappa shape index (κ2) is 11.4. The number of ether oxygens (including phenoxy) is 1. The molecule has 0 spiro atoms. The topological polar surface area (TPSA) is 111 Å². The molecular formula is C23H26F3N3O5S2. The number of rotatable bonds is 10. The van der Waals surface area contributed by atoms with E-state index in [1.54, 1.807) is 30.3 Å². The fraction of sp³-hybridized carbons (Fsp3) is 0.435. The van der Waals surface area contributed by atoms with Crippen LogP contribution in [0.25, 0.3) is 11.1 Å². The first kappa shape index (κ1) is 27.7. The molecule has 0 saturated carbocycles. The number of hydrogen-bond acceptors (Lipinski definition) is 8. The van der Waals surface area contributed by atoms with Gasteiger partial charge in [0, 0.05) is 10.4 Å². The number of thiophene rings is 1. The summed E-state index contributed by atoms with van der Waals surface area (Å²) >= 11 is 1.07. The quantitative estimate of drug-likeness (QED) is 0.320. The predicted molar refractivity (Wildman–Crippen MR) is 127 cm³/mol. The summed E-state index contributed by atoms with van der Waals surface area (Å²) in [6, 6.07) is 8.33. The number of hydrogen-bond donors (Lipinski definition) is 1. The van der Waals surface area contributed by atoms with E-state index in [9.17, 15) is 26.4 Å². The maximum absolute atomic E-state index is 13.0. The van der Waals surface area contributed by atoms with Crippen molar-refractivity contribution in [3.63, 3.8) is 0 Å². The lowest BCUT2D eigenvalue weighted by molar-refractivity contribution is -0.157. The third-order valence-corrected chi connectivity index (χ3v) is 7.88. The molecule has 0 atom stereocenters. The largest absolute Gasteiger partial charge is 0.470 e. The Morgan fingerprint density at radius 2 is 1.89 bits per heavy atom. The number of sulfonamides is 1. The molecule has 1 N–H and O–H groups in total. The smallest absolute Gasteiger partial charge is 0.449 e. The highest BCUT2D eigenvalue weighted by atomic mass is 32.2. The van der Waals surface area contributed by atoms with E-state index in [0.29, 0.717) is 29.5 Å². The van der Waals surface area contributed by atoms with Crippen LogP contribution in [0.15, 0.2) is 39.0 Å². The molecule has 0 aliphatic heterocycles. The number of aromatic nitrogens is 2. The maximum atomic E-state index is 13.0. The Balaban J connectivity index is 1.85. The Morgan fingerprint density at radius 1 is 1.19 bits per heavy atom. The number of amides is 1. The van der Waals surface area contributed by atoms with Crippen molar-refractivity contribution < 1.29 is 35.5 Å². The van der Waals surface area contributed by atoms with Gasteiger partial charge in [-0.15, -0.1) is 21.5 Å². The molecule has 3 aromatic rings. The van der Waals surface area contributed by atoms with E-state index in [2.05, 4.69) is 14.6 Å². The summed E-state index contributed by atoms with van der Waals surface area (Å²) in [5.74, 6) is -1.34. The minimum absolute atomic E-state index is 0.0231. The van der Waals surface area contributed by atoms with E-state index < -0.39 is 28.2 Å². The first-order valence-electron chi connectivity index (χ1n) is 11.2. The highest BCUT2D eigenvalue weighted by Gasteiger charge is 2.38. The number of halogens is 3. The number of nitrogens with zero attached hydrogens (tertiary/aromatic N) is 2. The van der Waals surface area contributed by atoms with Gasteiger partial charge in [0.25, 0.3) is 10.0 Å². The third kappa shape index (κ3) is 7.29. The van der Waals surface area contributed by atoms with Gasteiger partial charge in [0.2, 0.25) is 5.89 Å². The van der Waals surface area contributed by atoms with Crippen LogP contribution in [0.5, 0.6) is 0 Å². The normalized spacial score (nSPS) is 12.2. The van der Waals surface area contributed by atoms with Crippen LogP contribution < -0.4 is 4.72 Å². The van der Waals surface area contributed by atoms with Gasteiger partial charge in [-0.2, -0.15) is 13.2 Å². The standard InChI is InChI=1S/C23H26F3N3O5S2/c1-4-5-10-33-22(30)29-36(31,32)20-18(13-17(35-20)11-14(2)3)16-8-6-15(7-9-16)12-19-27-28-21(34-19)23(24,25)26/h6-9,13-14H,4-5,10-12H2,1-3H3,(H,29,30). The van der Waals surface area contributed by atoms with Gasteiger partial charge in [0.15, 0.2) is 0 Å². The molecule has 13 heteroatoms. The molecule has 1 amide bonds. The van der Waals surface area contributed by atoms with E-state index >= 15 is 0 Å². The second-order valence-electron chi connectivity index (χ2n) is 8.48. The van der Waals surface area contributed by atoms with E-state index in [0.717, 1.165) is 22.6 Å². The van der Waals surface area contributed by atoms with Gasteiger partial charge >= 0.3 is 18.2 Å². The van der Waals surface area contributed by atoms with Crippen LogP contribution in [0.4, 0.5) is 18.0 Å². The Hall–Kier alpha value is -2.93. The van der Waals surface area contributed by atoms with Gasteiger partial charge in [-0.1, -0.05) is 51.5 Å². The minimum Gasteiger partial charge on any atom is -0.449 e. The van der Waals surface area contributed by atoms with Crippen LogP contribution in [0, 0.1) is 5.92 Å². The monoisotopic (exact) mass is 545 g/mol. The highest BCUT2D eigenvalue weighted by Crippen LogP contribution is 2.36. The van der Waals surface area contributed by atoms with Gasteiger partial charge < -0.3 is 9.15 Å². The zero-order valence-corrected chi connectivity index (χ0v) is 21.5. The van der Waals surface area contributed by atoms with Crippen molar-refractivity contribution in [2.75, 3.05) is 6.61 Å². The van der Waals surface area contributed by atoms with Crippen LogP contribution >= 0.6 is 11.3 Å². The first-order chi connectivity index (χ1) is 16.9. The molecule has 8 nitrogen and oxygen atoms in total. The number of nitrogens with one attached hydrogen (secondary N) is 1. The van der Waals surface area contributed by atoms with E-state index in [1.165, 1.54) is 0 Å². The molecule has 0 bridgehead atoms. The van der Waals surface area contributed by atoms with Gasteiger partial charge in [-0.3, -0.25) is 0 Å². The molecule has 1 aromatic carbocycles. The van der Waals surface area contributed by atoms with Crippen LogP contribution in [0.3, 0.4) is 0 Å². The lowest BCUT2D eigenvalue weighted by Gasteiger charge is -2.09. The summed E-state index contributed by atoms with van der Waals surface area (Å²) in [6.07, 6.45) is -3.74. The summed E-state index contributed by atoms with van der Waals surface area (Å²) in [4.78, 5) is 12.9. The number of alkyl halides is 3. The average Bonchev–Trinajstić information content (AvgIpc) is 3.41. The van der Waals surface area contributed by atoms with Gasteiger partial charge in [-0.05, 0) is 36.0 Å². The first-order valence-corrected chi connectivity index (χ1v) is 13.5. The molecular weight excluding hydrogens is 519 g/mol. The summed E-state index contributed by atoms with van der Waals surface area (Å²) in [6.45, 7) is 6.04. The van der Waals surface area contributed by atoms with Crippen molar-refractivity contribution in [3.8, 4) is 11.1 Å². The predicted octanol–water partition coefficient (Wildman–Crippen LogP) is 5.82. The summed E-state index contributed by atoms with van der Waals surface area (Å²) in [7, 11) is -4.21. The molecule has 0 aliphatic carbocycles. The third-order valence-electron chi connectivity index (χ3n) is 4.88. The molecule has 0 radical (unpaired) electrons. The molecule has 196 valence electrons. The fourth-order valence-electron chi connectivity index (χ4n) is 3.24. The molecule has 2 aromatic heterocycles. The van der Waals surface area contributed by atoms with Gasteiger partial charge in [-0.25, -0.2) is 17.9 Å². The van der Waals surface area contributed by atoms with E-state index in [1.807, 2.05) is 25.5 Å². The molecule has 0 saturated heterocycles. The van der Waals surface area contributed by atoms with Crippen molar-refractivity contribution in [3.05, 3.63) is 52.6 Å². The molecule has 0 unspecified atom stereocenters. The minimum atomic E-state index is -4.72. The summed E-state index contributed by atoms with van der Waals surface area (Å²) < 4.78 is 75.6. The Bertz CT molecular complexity index is 1280.